The molecule has 2 aromatic rings. The Morgan fingerprint density at radius 3 is 2.08 bits per heavy atom. The Morgan fingerprint density at radius 2 is 1.44 bits per heavy atom. The first-order chi connectivity index (χ1) is 17.5. The van der Waals surface area contributed by atoms with Gasteiger partial charge in [-0.2, -0.15) is 0 Å². The van der Waals surface area contributed by atoms with E-state index in [1.54, 1.807) is 9.80 Å². The predicted octanol–water partition coefficient (Wildman–Crippen LogP) is 4.20. The summed E-state index contributed by atoms with van der Waals surface area (Å²) in [6.07, 6.45) is 2.71. The summed E-state index contributed by atoms with van der Waals surface area (Å²) in [5, 5.41) is 0. The Labute approximate surface area is 214 Å². The van der Waals surface area contributed by atoms with Crippen LogP contribution < -0.4 is 4.90 Å². The lowest BCUT2D eigenvalue weighted by Gasteiger charge is -2.37. The molecule has 0 spiro atoms. The first-order valence-electron chi connectivity index (χ1n) is 12.9. The molecule has 2 saturated heterocycles. The SMILES string of the molecule is CN(C)c1ccc(CN2CCCCC2COC(=O)N2CCN(C(=O)OCc3ccccc3)CC2)cc1. The first-order valence-corrected chi connectivity index (χ1v) is 12.9. The third kappa shape index (κ3) is 7.13. The number of carbonyl (C=O) groups is 2. The van der Waals surface area contributed by atoms with Crippen molar-refractivity contribution in [1.82, 2.24) is 14.7 Å². The van der Waals surface area contributed by atoms with E-state index in [9.17, 15) is 9.59 Å². The van der Waals surface area contributed by atoms with Gasteiger partial charge in [0.1, 0.15) is 13.2 Å². The van der Waals surface area contributed by atoms with Gasteiger partial charge in [-0.1, -0.05) is 48.9 Å². The van der Waals surface area contributed by atoms with Crippen LogP contribution in [0.4, 0.5) is 15.3 Å². The van der Waals surface area contributed by atoms with E-state index in [2.05, 4.69) is 34.1 Å². The van der Waals surface area contributed by atoms with Crippen molar-refractivity contribution in [2.75, 3.05) is 58.3 Å². The quantitative estimate of drug-likeness (QED) is 0.575. The number of likely N-dealkylation sites (tertiary alicyclic amines) is 1. The minimum absolute atomic E-state index is 0.227. The van der Waals surface area contributed by atoms with Crippen LogP contribution >= 0.6 is 0 Å². The molecule has 8 nitrogen and oxygen atoms in total. The van der Waals surface area contributed by atoms with Crippen molar-refractivity contribution < 1.29 is 19.1 Å². The van der Waals surface area contributed by atoms with Crippen molar-refractivity contribution >= 4 is 17.9 Å². The van der Waals surface area contributed by atoms with Gasteiger partial charge in [0.25, 0.3) is 0 Å². The van der Waals surface area contributed by atoms with E-state index >= 15 is 0 Å². The molecule has 2 aliphatic heterocycles. The fourth-order valence-electron chi connectivity index (χ4n) is 4.73. The van der Waals surface area contributed by atoms with Crippen LogP contribution in [-0.4, -0.2) is 86.4 Å². The molecule has 2 aliphatic rings. The van der Waals surface area contributed by atoms with E-state index in [0.29, 0.717) is 32.8 Å². The number of benzene rings is 2. The molecule has 0 saturated carbocycles. The average Bonchev–Trinajstić information content (AvgIpc) is 2.92. The molecule has 0 bridgehead atoms. The predicted molar refractivity (Wildman–Crippen MR) is 140 cm³/mol. The molecule has 2 heterocycles. The highest BCUT2D eigenvalue weighted by Crippen LogP contribution is 2.22. The molecular formula is C28H38N4O4. The third-order valence-electron chi connectivity index (χ3n) is 6.99. The number of nitrogens with zero attached hydrogens (tertiary/aromatic N) is 4. The van der Waals surface area contributed by atoms with E-state index < -0.39 is 0 Å². The zero-order valence-electron chi connectivity index (χ0n) is 21.5. The number of ether oxygens (including phenoxy) is 2. The number of rotatable bonds is 7. The highest BCUT2D eigenvalue weighted by Gasteiger charge is 2.28. The summed E-state index contributed by atoms with van der Waals surface area (Å²) in [6.45, 7) is 4.31. The minimum Gasteiger partial charge on any atom is -0.448 e. The van der Waals surface area contributed by atoms with Crippen LogP contribution in [0.25, 0.3) is 0 Å². The number of hydrogen-bond donors (Lipinski definition) is 0. The molecular weight excluding hydrogens is 456 g/mol. The van der Waals surface area contributed by atoms with Crippen molar-refractivity contribution in [1.29, 1.82) is 0 Å². The molecule has 0 aliphatic carbocycles. The summed E-state index contributed by atoms with van der Waals surface area (Å²) in [4.78, 5) is 33.0. The smallest absolute Gasteiger partial charge is 0.410 e. The fraction of sp³-hybridized carbons (Fsp3) is 0.500. The zero-order valence-corrected chi connectivity index (χ0v) is 21.5. The molecule has 2 fully saturated rings. The topological polar surface area (TPSA) is 65.6 Å². The van der Waals surface area contributed by atoms with Gasteiger partial charge in [0.05, 0.1) is 0 Å². The summed E-state index contributed by atoms with van der Waals surface area (Å²) in [7, 11) is 4.09. The zero-order chi connectivity index (χ0) is 25.3. The van der Waals surface area contributed by atoms with Crippen molar-refractivity contribution in [3.8, 4) is 0 Å². The molecule has 0 N–H and O–H groups in total. The van der Waals surface area contributed by atoms with Gasteiger partial charge in [-0.05, 0) is 42.6 Å². The molecule has 0 aromatic heterocycles. The number of piperazine rings is 1. The van der Waals surface area contributed by atoms with Crippen molar-refractivity contribution in [2.24, 2.45) is 0 Å². The molecule has 1 unspecified atom stereocenters. The van der Waals surface area contributed by atoms with Gasteiger partial charge in [0.2, 0.25) is 0 Å². The molecule has 36 heavy (non-hydrogen) atoms. The van der Waals surface area contributed by atoms with Gasteiger partial charge in [0, 0.05) is 58.5 Å². The fourth-order valence-corrected chi connectivity index (χ4v) is 4.73. The van der Waals surface area contributed by atoms with Crippen molar-refractivity contribution in [3.63, 3.8) is 0 Å². The third-order valence-corrected chi connectivity index (χ3v) is 6.99. The molecule has 8 heteroatoms. The van der Waals surface area contributed by atoms with E-state index in [0.717, 1.165) is 31.5 Å². The lowest BCUT2D eigenvalue weighted by Crippen LogP contribution is -2.51. The van der Waals surface area contributed by atoms with Crippen molar-refractivity contribution in [3.05, 3.63) is 65.7 Å². The molecule has 194 valence electrons. The van der Waals surface area contributed by atoms with Gasteiger partial charge in [-0.25, -0.2) is 9.59 Å². The Balaban J connectivity index is 1.20. The number of anilines is 1. The molecule has 2 amide bonds. The highest BCUT2D eigenvalue weighted by atomic mass is 16.6. The minimum atomic E-state index is -0.344. The van der Waals surface area contributed by atoms with Crippen LogP contribution in [-0.2, 0) is 22.6 Å². The van der Waals surface area contributed by atoms with E-state index in [4.69, 9.17) is 9.47 Å². The Morgan fingerprint density at radius 1 is 0.806 bits per heavy atom. The number of piperidine rings is 1. The average molecular weight is 495 g/mol. The Bertz CT molecular complexity index is 975. The second-order valence-electron chi connectivity index (χ2n) is 9.77. The Kier molecular flexibility index (Phi) is 9.06. The molecule has 2 aromatic carbocycles. The second-order valence-corrected chi connectivity index (χ2v) is 9.77. The van der Waals surface area contributed by atoms with Crippen LogP contribution in [0.2, 0.25) is 0 Å². The highest BCUT2D eigenvalue weighted by molar-refractivity contribution is 5.70. The lowest BCUT2D eigenvalue weighted by atomic mass is 10.0. The number of hydrogen-bond acceptors (Lipinski definition) is 6. The Hall–Kier alpha value is -3.26. The maximum absolute atomic E-state index is 12.7. The molecule has 1 atom stereocenters. The summed E-state index contributed by atoms with van der Waals surface area (Å²) < 4.78 is 11.2. The largest absolute Gasteiger partial charge is 0.448 e. The first kappa shape index (κ1) is 25.8. The second kappa shape index (κ2) is 12.6. The van der Waals surface area contributed by atoms with Crippen LogP contribution in [0, 0.1) is 0 Å². The molecule has 4 rings (SSSR count). The van der Waals surface area contributed by atoms with Gasteiger partial charge >= 0.3 is 12.2 Å². The maximum Gasteiger partial charge on any atom is 0.410 e. The van der Waals surface area contributed by atoms with E-state index in [-0.39, 0.29) is 24.8 Å². The monoisotopic (exact) mass is 494 g/mol. The molecule has 0 radical (unpaired) electrons. The summed E-state index contributed by atoms with van der Waals surface area (Å²) in [5.74, 6) is 0. The van der Waals surface area contributed by atoms with Crippen LogP contribution in [0.5, 0.6) is 0 Å². The lowest BCUT2D eigenvalue weighted by molar-refractivity contribution is 0.0333. The van der Waals surface area contributed by atoms with Gasteiger partial charge in [0.15, 0.2) is 0 Å². The van der Waals surface area contributed by atoms with Crippen LogP contribution in [0.3, 0.4) is 0 Å². The standard InChI is InChI=1S/C28H38N4O4/c1-29(2)25-13-11-23(12-14-25)20-32-15-7-6-10-26(32)22-36-28(34)31-18-16-30(17-19-31)27(33)35-21-24-8-4-3-5-9-24/h3-5,8-9,11-14,26H,6-7,10,15-22H2,1-2H3. The number of amides is 2. The van der Waals surface area contributed by atoms with Gasteiger partial charge in [-0.3, -0.25) is 4.90 Å². The summed E-state index contributed by atoms with van der Waals surface area (Å²) in [6, 6.07) is 18.5. The van der Waals surface area contributed by atoms with Gasteiger partial charge in [-0.15, -0.1) is 0 Å². The van der Waals surface area contributed by atoms with Crippen LogP contribution in [0.1, 0.15) is 30.4 Å². The summed E-state index contributed by atoms with van der Waals surface area (Å²) >= 11 is 0. The van der Waals surface area contributed by atoms with E-state index in [1.807, 2.05) is 44.4 Å². The summed E-state index contributed by atoms with van der Waals surface area (Å²) in [5.41, 5.74) is 3.41. The van der Waals surface area contributed by atoms with Gasteiger partial charge < -0.3 is 24.2 Å². The van der Waals surface area contributed by atoms with E-state index in [1.165, 1.54) is 17.7 Å². The van der Waals surface area contributed by atoms with Crippen LogP contribution in [0.15, 0.2) is 54.6 Å². The maximum atomic E-state index is 12.7. The van der Waals surface area contributed by atoms with Crippen molar-refractivity contribution in [2.45, 2.75) is 38.5 Å². The normalized spacial score (nSPS) is 18.6. The number of carbonyl (C=O) groups excluding carboxylic acids is 2.